The van der Waals surface area contributed by atoms with E-state index in [9.17, 15) is 9.59 Å². The Morgan fingerprint density at radius 1 is 1.15 bits per heavy atom. The molecule has 1 aliphatic heterocycles. The lowest BCUT2D eigenvalue weighted by atomic mass is 9.83. The summed E-state index contributed by atoms with van der Waals surface area (Å²) in [5, 5.41) is 3.09. The van der Waals surface area contributed by atoms with Crippen LogP contribution in [0.4, 0.5) is 0 Å². The Morgan fingerprint density at radius 2 is 1.85 bits per heavy atom. The summed E-state index contributed by atoms with van der Waals surface area (Å²) in [5.74, 6) is 2.62. The number of hydrogen-bond acceptors (Lipinski definition) is 4. The summed E-state index contributed by atoms with van der Waals surface area (Å²) in [4.78, 5) is 27.4. The van der Waals surface area contributed by atoms with Crippen molar-refractivity contribution >= 4 is 11.8 Å². The maximum Gasteiger partial charge on any atom is 0.255 e. The van der Waals surface area contributed by atoms with Crippen LogP contribution in [0.15, 0.2) is 10.5 Å². The molecule has 1 aromatic rings. The van der Waals surface area contributed by atoms with E-state index in [2.05, 4.69) is 5.32 Å². The molecule has 4 unspecified atom stereocenters. The quantitative estimate of drug-likeness (QED) is 0.864. The van der Waals surface area contributed by atoms with Crippen molar-refractivity contribution in [3.63, 3.8) is 0 Å². The number of nitrogens with one attached hydrogen (secondary N) is 1. The Bertz CT molecular complexity index is 703. The standard InChI is InChI=1S/C20H29N3O3/c1-11-9-16(12(2)26-11)19(24)22-15-5-7-23(8-6-15)20(25)17-13-3-4-14(10-13)18(17)21/h9,13-15,17-18H,3-8,10,21H2,1-2H3,(H,22,24). The fourth-order valence-corrected chi connectivity index (χ4v) is 5.28. The molecule has 2 bridgehead atoms. The van der Waals surface area contributed by atoms with Crippen molar-refractivity contribution in [3.8, 4) is 0 Å². The summed E-state index contributed by atoms with van der Waals surface area (Å²) in [6.07, 6.45) is 5.07. The predicted molar refractivity (Wildman–Crippen MR) is 97.5 cm³/mol. The van der Waals surface area contributed by atoms with Gasteiger partial charge in [-0.15, -0.1) is 0 Å². The van der Waals surface area contributed by atoms with E-state index in [1.165, 1.54) is 6.42 Å². The van der Waals surface area contributed by atoms with E-state index in [1.54, 1.807) is 6.07 Å². The lowest BCUT2D eigenvalue weighted by molar-refractivity contribution is -0.138. The Kier molecular flexibility index (Phi) is 4.55. The molecule has 0 aromatic carbocycles. The highest BCUT2D eigenvalue weighted by atomic mass is 16.3. The number of nitrogens with two attached hydrogens (primary N) is 1. The van der Waals surface area contributed by atoms with Crippen molar-refractivity contribution in [1.29, 1.82) is 0 Å². The van der Waals surface area contributed by atoms with Gasteiger partial charge in [0.15, 0.2) is 0 Å². The van der Waals surface area contributed by atoms with Crippen molar-refractivity contribution in [3.05, 3.63) is 23.2 Å². The van der Waals surface area contributed by atoms with E-state index in [1.807, 2.05) is 18.7 Å². The van der Waals surface area contributed by atoms with Crippen LogP contribution in [0, 0.1) is 31.6 Å². The predicted octanol–water partition coefficient (Wildman–Crippen LogP) is 1.99. The van der Waals surface area contributed by atoms with Gasteiger partial charge >= 0.3 is 0 Å². The van der Waals surface area contributed by atoms with Gasteiger partial charge in [0.25, 0.3) is 5.91 Å². The van der Waals surface area contributed by atoms with Crippen LogP contribution in [0.3, 0.4) is 0 Å². The van der Waals surface area contributed by atoms with Gasteiger partial charge in [-0.2, -0.15) is 0 Å². The Labute approximate surface area is 154 Å². The lowest BCUT2D eigenvalue weighted by Gasteiger charge is -2.37. The number of carbonyl (C=O) groups excluding carboxylic acids is 2. The summed E-state index contributed by atoms with van der Waals surface area (Å²) in [5.41, 5.74) is 6.94. The van der Waals surface area contributed by atoms with E-state index in [-0.39, 0.29) is 29.8 Å². The zero-order valence-electron chi connectivity index (χ0n) is 15.7. The molecule has 0 spiro atoms. The molecule has 2 saturated carbocycles. The summed E-state index contributed by atoms with van der Waals surface area (Å²) >= 11 is 0. The minimum Gasteiger partial charge on any atom is -0.466 e. The molecule has 2 amide bonds. The molecule has 3 N–H and O–H groups in total. The number of nitrogens with zero attached hydrogens (tertiary/aromatic N) is 1. The highest BCUT2D eigenvalue weighted by Crippen LogP contribution is 2.48. The number of likely N-dealkylation sites (tertiary alicyclic amines) is 1. The van der Waals surface area contributed by atoms with Gasteiger partial charge in [-0.1, -0.05) is 0 Å². The first-order chi connectivity index (χ1) is 12.4. The van der Waals surface area contributed by atoms with E-state index in [4.69, 9.17) is 10.2 Å². The molecule has 6 heteroatoms. The second-order valence-electron chi connectivity index (χ2n) is 8.34. The highest BCUT2D eigenvalue weighted by Gasteiger charge is 2.50. The Morgan fingerprint density at radius 3 is 2.42 bits per heavy atom. The van der Waals surface area contributed by atoms with E-state index in [0.717, 1.165) is 31.4 Å². The van der Waals surface area contributed by atoms with Gasteiger partial charge in [0, 0.05) is 25.2 Å². The van der Waals surface area contributed by atoms with Crippen molar-refractivity contribution in [2.24, 2.45) is 23.5 Å². The summed E-state index contributed by atoms with van der Waals surface area (Å²) in [6.45, 7) is 5.05. The van der Waals surface area contributed by atoms with Crippen LogP contribution in [0.2, 0.25) is 0 Å². The fourth-order valence-electron chi connectivity index (χ4n) is 5.28. The molecule has 3 aliphatic rings. The van der Waals surface area contributed by atoms with Gasteiger partial charge < -0.3 is 20.4 Å². The first-order valence-electron chi connectivity index (χ1n) is 9.86. The number of piperidine rings is 1. The van der Waals surface area contributed by atoms with Crippen molar-refractivity contribution in [2.75, 3.05) is 13.1 Å². The summed E-state index contributed by atoms with van der Waals surface area (Å²) in [7, 11) is 0. The Hall–Kier alpha value is -1.82. The van der Waals surface area contributed by atoms with Crippen LogP contribution in [-0.4, -0.2) is 41.9 Å². The molecule has 142 valence electrons. The first-order valence-corrected chi connectivity index (χ1v) is 9.86. The molecule has 26 heavy (non-hydrogen) atoms. The van der Waals surface area contributed by atoms with Crippen LogP contribution < -0.4 is 11.1 Å². The topological polar surface area (TPSA) is 88.6 Å². The average molecular weight is 359 g/mol. The molecule has 1 saturated heterocycles. The molecule has 2 heterocycles. The maximum atomic E-state index is 12.9. The van der Waals surface area contributed by atoms with E-state index >= 15 is 0 Å². The van der Waals surface area contributed by atoms with Gasteiger partial charge in [-0.3, -0.25) is 9.59 Å². The molecular weight excluding hydrogens is 330 g/mol. The average Bonchev–Trinajstić information content (AvgIpc) is 3.29. The highest BCUT2D eigenvalue weighted by molar-refractivity contribution is 5.95. The van der Waals surface area contributed by atoms with Crippen LogP contribution in [0.25, 0.3) is 0 Å². The number of hydrogen-bond donors (Lipinski definition) is 2. The number of furan rings is 1. The van der Waals surface area contributed by atoms with Gasteiger partial charge in [-0.05, 0) is 63.9 Å². The van der Waals surface area contributed by atoms with Crippen LogP contribution in [-0.2, 0) is 4.79 Å². The summed E-state index contributed by atoms with van der Waals surface area (Å²) < 4.78 is 5.44. The molecule has 6 nitrogen and oxygen atoms in total. The molecule has 0 radical (unpaired) electrons. The number of rotatable bonds is 3. The van der Waals surface area contributed by atoms with Gasteiger partial charge in [0.2, 0.25) is 5.91 Å². The molecule has 3 fully saturated rings. The molecule has 4 rings (SSSR count). The number of carbonyl (C=O) groups is 2. The minimum atomic E-state index is -0.0840. The molecular formula is C20H29N3O3. The monoisotopic (exact) mass is 359 g/mol. The van der Waals surface area contributed by atoms with Crippen molar-refractivity contribution < 1.29 is 14.0 Å². The van der Waals surface area contributed by atoms with Crippen LogP contribution >= 0.6 is 0 Å². The zero-order valence-corrected chi connectivity index (χ0v) is 15.7. The molecule has 2 aliphatic carbocycles. The lowest BCUT2D eigenvalue weighted by Crippen LogP contribution is -2.51. The SMILES string of the molecule is Cc1cc(C(=O)NC2CCN(C(=O)C3C4CCC(C4)C3N)CC2)c(C)o1. The largest absolute Gasteiger partial charge is 0.466 e. The summed E-state index contributed by atoms with van der Waals surface area (Å²) in [6, 6.07) is 1.93. The van der Waals surface area contributed by atoms with Gasteiger partial charge in [-0.25, -0.2) is 0 Å². The zero-order chi connectivity index (χ0) is 18.4. The third-order valence-corrected chi connectivity index (χ3v) is 6.69. The minimum absolute atomic E-state index is 0.0245. The smallest absolute Gasteiger partial charge is 0.255 e. The third kappa shape index (κ3) is 3.04. The van der Waals surface area contributed by atoms with Gasteiger partial charge in [0.1, 0.15) is 11.5 Å². The Balaban J connectivity index is 1.31. The normalized spacial score (nSPS) is 31.4. The third-order valence-electron chi connectivity index (χ3n) is 6.69. The van der Waals surface area contributed by atoms with Crippen molar-refractivity contribution in [1.82, 2.24) is 10.2 Å². The molecule has 1 aromatic heterocycles. The second-order valence-corrected chi connectivity index (χ2v) is 8.34. The number of amides is 2. The van der Waals surface area contributed by atoms with Crippen molar-refractivity contribution in [2.45, 2.75) is 58.0 Å². The van der Waals surface area contributed by atoms with Crippen LogP contribution in [0.1, 0.15) is 54.0 Å². The maximum absolute atomic E-state index is 12.9. The van der Waals surface area contributed by atoms with Gasteiger partial charge in [0.05, 0.1) is 11.5 Å². The molecule has 4 atom stereocenters. The number of aryl methyl sites for hydroxylation is 2. The fraction of sp³-hybridized carbons (Fsp3) is 0.700. The van der Waals surface area contributed by atoms with E-state index < -0.39 is 0 Å². The number of fused-ring (bicyclic) bond motifs is 2. The van der Waals surface area contributed by atoms with E-state index in [0.29, 0.717) is 36.2 Å². The first kappa shape index (κ1) is 17.6. The van der Waals surface area contributed by atoms with Crippen LogP contribution in [0.5, 0.6) is 0 Å². The second kappa shape index (κ2) is 6.72.